The van der Waals surface area contributed by atoms with Crippen LogP contribution in [0.4, 0.5) is 0 Å². The molecule has 0 unspecified atom stereocenters. The highest BCUT2D eigenvalue weighted by atomic mass is 16.5. The van der Waals surface area contributed by atoms with E-state index in [1.54, 1.807) is 0 Å². The minimum absolute atomic E-state index is 0.201. The number of piperidine rings is 1. The third kappa shape index (κ3) is 4.62. The fraction of sp³-hybridized carbons (Fsp3) is 0.905. The monoisotopic (exact) mass is 391 g/mol. The van der Waals surface area contributed by atoms with Gasteiger partial charge < -0.3 is 20.3 Å². The van der Waals surface area contributed by atoms with Crippen molar-refractivity contribution < 1.29 is 9.53 Å². The molecular formula is C21H37N5O2. The average Bonchev–Trinajstić information content (AvgIpc) is 3.44. The first-order chi connectivity index (χ1) is 13.7. The number of amides is 1. The number of nitrogens with one attached hydrogen (secondary N) is 2. The van der Waals surface area contributed by atoms with Gasteiger partial charge in [-0.1, -0.05) is 0 Å². The van der Waals surface area contributed by atoms with E-state index in [-0.39, 0.29) is 5.54 Å². The van der Waals surface area contributed by atoms with Crippen molar-refractivity contribution in [2.45, 2.75) is 62.9 Å². The highest BCUT2D eigenvalue weighted by Gasteiger charge is 2.40. The Labute approximate surface area is 169 Å². The smallest absolute Gasteiger partial charge is 0.225 e. The second-order valence-corrected chi connectivity index (χ2v) is 8.97. The quantitative estimate of drug-likeness (QED) is 0.544. The maximum Gasteiger partial charge on any atom is 0.225 e. The minimum atomic E-state index is 0.201. The molecule has 0 radical (unpaired) electrons. The molecule has 1 aliphatic carbocycles. The van der Waals surface area contributed by atoms with Crippen LogP contribution in [0.15, 0.2) is 4.99 Å². The van der Waals surface area contributed by atoms with Crippen molar-refractivity contribution in [2.24, 2.45) is 10.9 Å². The topological polar surface area (TPSA) is 69.2 Å². The van der Waals surface area contributed by atoms with Gasteiger partial charge in [0.15, 0.2) is 5.96 Å². The van der Waals surface area contributed by atoms with E-state index in [9.17, 15) is 4.79 Å². The fourth-order valence-electron chi connectivity index (χ4n) is 5.02. The van der Waals surface area contributed by atoms with Crippen molar-refractivity contribution in [3.05, 3.63) is 0 Å². The van der Waals surface area contributed by atoms with Gasteiger partial charge in [-0.15, -0.1) is 0 Å². The molecule has 3 aliphatic heterocycles. The molecule has 7 nitrogen and oxygen atoms in total. The molecule has 28 heavy (non-hydrogen) atoms. The molecule has 1 amide bonds. The average molecular weight is 392 g/mol. The predicted molar refractivity (Wildman–Crippen MR) is 110 cm³/mol. The zero-order valence-electron chi connectivity index (χ0n) is 17.4. The summed E-state index contributed by atoms with van der Waals surface area (Å²) in [5.41, 5.74) is 0.201. The van der Waals surface area contributed by atoms with E-state index < -0.39 is 0 Å². The van der Waals surface area contributed by atoms with Crippen LogP contribution in [0.2, 0.25) is 0 Å². The number of likely N-dealkylation sites (tertiary alicyclic amines) is 2. The van der Waals surface area contributed by atoms with Crippen molar-refractivity contribution in [1.82, 2.24) is 20.4 Å². The molecule has 0 atom stereocenters. The van der Waals surface area contributed by atoms with Gasteiger partial charge in [-0.05, 0) is 64.5 Å². The number of hydrogen-bond acceptors (Lipinski definition) is 4. The first-order valence-electron chi connectivity index (χ1n) is 11.3. The molecule has 4 rings (SSSR count). The van der Waals surface area contributed by atoms with Crippen molar-refractivity contribution in [3.8, 4) is 0 Å². The van der Waals surface area contributed by atoms with E-state index in [2.05, 4.69) is 25.4 Å². The second kappa shape index (κ2) is 8.99. The fourth-order valence-corrected chi connectivity index (χ4v) is 5.02. The molecule has 3 saturated heterocycles. The maximum atomic E-state index is 12.2. The van der Waals surface area contributed by atoms with E-state index in [4.69, 9.17) is 4.74 Å². The number of ether oxygens (including phenoxy) is 1. The predicted octanol–water partition coefficient (Wildman–Crippen LogP) is 1.20. The van der Waals surface area contributed by atoms with E-state index in [0.717, 1.165) is 77.3 Å². The van der Waals surface area contributed by atoms with Crippen molar-refractivity contribution in [2.75, 3.05) is 53.0 Å². The van der Waals surface area contributed by atoms with Crippen LogP contribution in [-0.4, -0.2) is 86.2 Å². The van der Waals surface area contributed by atoms with Crippen LogP contribution in [-0.2, 0) is 9.53 Å². The van der Waals surface area contributed by atoms with Crippen LogP contribution in [0, 0.1) is 5.92 Å². The number of rotatable bonds is 5. The largest absolute Gasteiger partial charge is 0.381 e. The molecule has 1 saturated carbocycles. The first-order valence-corrected chi connectivity index (χ1v) is 11.3. The molecule has 0 bridgehead atoms. The number of carbonyl (C=O) groups excluding carboxylic acids is 1. The minimum Gasteiger partial charge on any atom is -0.381 e. The Morgan fingerprint density at radius 1 is 1.07 bits per heavy atom. The van der Waals surface area contributed by atoms with Crippen molar-refractivity contribution in [1.29, 1.82) is 0 Å². The van der Waals surface area contributed by atoms with Crippen molar-refractivity contribution in [3.63, 3.8) is 0 Å². The van der Waals surface area contributed by atoms with Gasteiger partial charge in [0.25, 0.3) is 0 Å². The summed E-state index contributed by atoms with van der Waals surface area (Å²) in [6, 6.07) is 0.395. The van der Waals surface area contributed by atoms with Gasteiger partial charge in [0.1, 0.15) is 0 Å². The zero-order valence-corrected chi connectivity index (χ0v) is 17.4. The summed E-state index contributed by atoms with van der Waals surface area (Å²) >= 11 is 0. The Kier molecular flexibility index (Phi) is 6.41. The van der Waals surface area contributed by atoms with E-state index in [1.165, 1.54) is 25.9 Å². The highest BCUT2D eigenvalue weighted by Crippen LogP contribution is 2.32. The molecule has 2 N–H and O–H groups in total. The highest BCUT2D eigenvalue weighted by molar-refractivity contribution is 5.81. The van der Waals surface area contributed by atoms with E-state index in [0.29, 0.717) is 17.9 Å². The number of guanidine groups is 1. The Bertz CT molecular complexity index is 557. The van der Waals surface area contributed by atoms with Crippen LogP contribution in [0.1, 0.15) is 51.4 Å². The molecule has 3 heterocycles. The SMILES string of the molecule is CN=C(NCC1(N2CCCC2)CCOCC1)NC1CCN(C(=O)C2CC2)CC1. The number of aliphatic imine (C=N–C) groups is 1. The van der Waals surface area contributed by atoms with Gasteiger partial charge in [-0.2, -0.15) is 0 Å². The van der Waals surface area contributed by atoms with Gasteiger partial charge in [-0.25, -0.2) is 0 Å². The Balaban J connectivity index is 1.26. The lowest BCUT2D eigenvalue weighted by atomic mass is 9.88. The lowest BCUT2D eigenvalue weighted by molar-refractivity contribution is -0.133. The standard InChI is InChI=1S/C21H37N5O2/c1-22-20(24-18-6-12-25(13-7-18)19(27)17-4-5-17)23-16-21(8-14-28-15-9-21)26-10-2-3-11-26/h17-18H,2-16H2,1H3,(H2,22,23,24). The zero-order chi connectivity index (χ0) is 19.4. The number of carbonyl (C=O) groups is 1. The van der Waals surface area contributed by atoms with E-state index in [1.807, 2.05) is 7.05 Å². The summed E-state index contributed by atoms with van der Waals surface area (Å²) in [4.78, 5) is 21.5. The van der Waals surface area contributed by atoms with Crippen molar-refractivity contribution >= 4 is 11.9 Å². The van der Waals surface area contributed by atoms with Crippen LogP contribution in [0.25, 0.3) is 0 Å². The normalized spacial score (nSPS) is 27.0. The molecule has 158 valence electrons. The van der Waals surface area contributed by atoms with Gasteiger partial charge in [-0.3, -0.25) is 14.7 Å². The van der Waals surface area contributed by atoms with Crippen LogP contribution >= 0.6 is 0 Å². The molecular weight excluding hydrogens is 354 g/mol. The van der Waals surface area contributed by atoms with Crippen LogP contribution < -0.4 is 10.6 Å². The molecule has 4 fully saturated rings. The third-order valence-corrected chi connectivity index (χ3v) is 7.08. The molecule has 4 aliphatic rings. The summed E-state index contributed by atoms with van der Waals surface area (Å²) in [5.74, 6) is 1.62. The lowest BCUT2D eigenvalue weighted by Gasteiger charge is -2.45. The molecule has 7 heteroatoms. The molecule has 0 aromatic carbocycles. The third-order valence-electron chi connectivity index (χ3n) is 7.08. The summed E-state index contributed by atoms with van der Waals surface area (Å²) in [7, 11) is 1.85. The molecule has 0 spiro atoms. The van der Waals surface area contributed by atoms with E-state index >= 15 is 0 Å². The van der Waals surface area contributed by atoms with Gasteiger partial charge in [0.05, 0.1) is 0 Å². The molecule has 0 aromatic heterocycles. The maximum absolute atomic E-state index is 12.2. The summed E-state index contributed by atoms with van der Waals surface area (Å²) in [6.07, 6.45) is 9.02. The Morgan fingerprint density at radius 3 is 2.36 bits per heavy atom. The Hall–Kier alpha value is -1.34. The number of nitrogens with zero attached hydrogens (tertiary/aromatic N) is 3. The summed E-state index contributed by atoms with van der Waals surface area (Å²) in [6.45, 7) is 6.81. The summed E-state index contributed by atoms with van der Waals surface area (Å²) in [5, 5.41) is 7.24. The first kappa shape index (κ1) is 20.0. The molecule has 0 aromatic rings. The van der Waals surface area contributed by atoms with Crippen LogP contribution in [0.3, 0.4) is 0 Å². The van der Waals surface area contributed by atoms with Crippen LogP contribution in [0.5, 0.6) is 0 Å². The lowest BCUT2D eigenvalue weighted by Crippen LogP contribution is -2.59. The van der Waals surface area contributed by atoms with Gasteiger partial charge >= 0.3 is 0 Å². The van der Waals surface area contributed by atoms with Gasteiger partial charge in [0.2, 0.25) is 5.91 Å². The number of hydrogen-bond donors (Lipinski definition) is 2. The summed E-state index contributed by atoms with van der Waals surface area (Å²) < 4.78 is 5.66. The second-order valence-electron chi connectivity index (χ2n) is 8.97. The Morgan fingerprint density at radius 2 is 1.75 bits per heavy atom. The van der Waals surface area contributed by atoms with Gasteiger partial charge in [0, 0.05) is 57.4 Å².